The zero-order chi connectivity index (χ0) is 9.90. The SMILES string of the molecule is Cc1cccc(/C=C/C(C)(C)O)c1. The van der Waals surface area contributed by atoms with E-state index in [9.17, 15) is 5.11 Å². The average Bonchev–Trinajstić information content (AvgIpc) is 2.00. The Bertz CT molecular complexity index is 305. The molecule has 0 spiro atoms. The lowest BCUT2D eigenvalue weighted by molar-refractivity contribution is 0.134. The minimum Gasteiger partial charge on any atom is -0.386 e. The Balaban J connectivity index is 2.80. The van der Waals surface area contributed by atoms with Gasteiger partial charge < -0.3 is 5.11 Å². The Morgan fingerprint density at radius 1 is 1.31 bits per heavy atom. The second kappa shape index (κ2) is 3.75. The predicted octanol–water partition coefficient (Wildman–Crippen LogP) is 2.78. The summed E-state index contributed by atoms with van der Waals surface area (Å²) in [5.41, 5.74) is 1.63. The highest BCUT2D eigenvalue weighted by Gasteiger charge is 2.05. The standard InChI is InChI=1S/C12H16O/c1-10-5-4-6-11(9-10)7-8-12(2,3)13/h4-9,13H,1-3H3/b8-7+. The van der Waals surface area contributed by atoms with Gasteiger partial charge >= 0.3 is 0 Å². The molecule has 13 heavy (non-hydrogen) atoms. The summed E-state index contributed by atoms with van der Waals surface area (Å²) in [4.78, 5) is 0. The van der Waals surface area contributed by atoms with E-state index in [1.807, 2.05) is 18.2 Å². The summed E-state index contributed by atoms with van der Waals surface area (Å²) in [5.74, 6) is 0. The van der Waals surface area contributed by atoms with Crippen LogP contribution < -0.4 is 0 Å². The molecule has 1 aromatic rings. The molecular formula is C12H16O. The number of aryl methyl sites for hydroxylation is 1. The molecule has 70 valence electrons. The van der Waals surface area contributed by atoms with Gasteiger partial charge in [0.2, 0.25) is 0 Å². The van der Waals surface area contributed by atoms with Crippen LogP contribution in [0.5, 0.6) is 0 Å². The van der Waals surface area contributed by atoms with Crippen LogP contribution in [0, 0.1) is 6.92 Å². The summed E-state index contributed by atoms with van der Waals surface area (Å²) in [7, 11) is 0. The van der Waals surface area contributed by atoms with Crippen molar-refractivity contribution < 1.29 is 5.11 Å². The van der Waals surface area contributed by atoms with Crippen molar-refractivity contribution in [2.24, 2.45) is 0 Å². The Morgan fingerprint density at radius 2 is 2.00 bits per heavy atom. The van der Waals surface area contributed by atoms with Gasteiger partial charge in [0.1, 0.15) is 0 Å². The maximum absolute atomic E-state index is 9.46. The number of aliphatic hydroxyl groups is 1. The van der Waals surface area contributed by atoms with Gasteiger partial charge in [-0.1, -0.05) is 42.0 Å². The maximum atomic E-state index is 9.46. The van der Waals surface area contributed by atoms with Crippen molar-refractivity contribution in [2.75, 3.05) is 0 Å². The third-order valence-corrected chi connectivity index (χ3v) is 1.73. The second-order valence-electron chi connectivity index (χ2n) is 3.90. The van der Waals surface area contributed by atoms with Gasteiger partial charge in [0.25, 0.3) is 0 Å². The van der Waals surface area contributed by atoms with Gasteiger partial charge in [0, 0.05) is 0 Å². The number of rotatable bonds is 2. The van der Waals surface area contributed by atoms with E-state index in [-0.39, 0.29) is 0 Å². The summed E-state index contributed by atoms with van der Waals surface area (Å²) in [5, 5.41) is 9.46. The van der Waals surface area contributed by atoms with E-state index >= 15 is 0 Å². The van der Waals surface area contributed by atoms with Crippen LogP contribution in [-0.2, 0) is 0 Å². The van der Waals surface area contributed by atoms with Crippen LogP contribution in [0.2, 0.25) is 0 Å². The third-order valence-electron chi connectivity index (χ3n) is 1.73. The van der Waals surface area contributed by atoms with Crippen molar-refractivity contribution in [3.8, 4) is 0 Å². The molecule has 1 N–H and O–H groups in total. The molecule has 1 aromatic carbocycles. The van der Waals surface area contributed by atoms with Gasteiger partial charge in [-0.3, -0.25) is 0 Å². The summed E-state index contributed by atoms with van der Waals surface area (Å²) >= 11 is 0. The molecule has 0 heterocycles. The molecule has 0 saturated heterocycles. The minimum absolute atomic E-state index is 0.732. The molecular weight excluding hydrogens is 160 g/mol. The van der Waals surface area contributed by atoms with Gasteiger partial charge in [-0.25, -0.2) is 0 Å². The van der Waals surface area contributed by atoms with Gasteiger partial charge in [0.05, 0.1) is 5.60 Å². The number of hydrogen-bond acceptors (Lipinski definition) is 1. The van der Waals surface area contributed by atoms with Crippen LogP contribution in [0.4, 0.5) is 0 Å². The monoisotopic (exact) mass is 176 g/mol. The van der Waals surface area contributed by atoms with E-state index < -0.39 is 5.60 Å². The fourth-order valence-corrected chi connectivity index (χ4v) is 1.07. The second-order valence-corrected chi connectivity index (χ2v) is 3.90. The fraction of sp³-hybridized carbons (Fsp3) is 0.333. The molecule has 1 nitrogen and oxygen atoms in total. The van der Waals surface area contributed by atoms with Crippen LogP contribution in [0.15, 0.2) is 30.3 Å². The third kappa shape index (κ3) is 3.90. The maximum Gasteiger partial charge on any atom is 0.0774 e. The molecule has 0 bridgehead atoms. The van der Waals surface area contributed by atoms with Crippen LogP contribution in [0.1, 0.15) is 25.0 Å². The number of benzene rings is 1. The Kier molecular flexibility index (Phi) is 2.89. The quantitative estimate of drug-likeness (QED) is 0.734. The average molecular weight is 176 g/mol. The Morgan fingerprint density at radius 3 is 2.54 bits per heavy atom. The van der Waals surface area contributed by atoms with E-state index in [2.05, 4.69) is 19.1 Å². The molecule has 0 amide bonds. The van der Waals surface area contributed by atoms with Gasteiger partial charge in [-0.15, -0.1) is 0 Å². The van der Waals surface area contributed by atoms with E-state index in [1.165, 1.54) is 5.56 Å². The predicted molar refractivity (Wildman–Crippen MR) is 56.5 cm³/mol. The first kappa shape index (κ1) is 10.0. The van der Waals surface area contributed by atoms with Crippen molar-refractivity contribution in [3.63, 3.8) is 0 Å². The fourth-order valence-electron chi connectivity index (χ4n) is 1.07. The Hall–Kier alpha value is -1.08. The molecule has 0 saturated carbocycles. The molecule has 0 aromatic heterocycles. The van der Waals surface area contributed by atoms with E-state index in [0.717, 1.165) is 5.56 Å². The van der Waals surface area contributed by atoms with Crippen molar-refractivity contribution in [2.45, 2.75) is 26.4 Å². The largest absolute Gasteiger partial charge is 0.386 e. The van der Waals surface area contributed by atoms with Crippen molar-refractivity contribution in [1.29, 1.82) is 0 Å². The smallest absolute Gasteiger partial charge is 0.0774 e. The van der Waals surface area contributed by atoms with Gasteiger partial charge in [0.15, 0.2) is 0 Å². The van der Waals surface area contributed by atoms with Crippen molar-refractivity contribution in [1.82, 2.24) is 0 Å². The van der Waals surface area contributed by atoms with Crippen molar-refractivity contribution >= 4 is 6.08 Å². The molecule has 0 atom stereocenters. The van der Waals surface area contributed by atoms with Crippen molar-refractivity contribution in [3.05, 3.63) is 41.5 Å². The highest BCUT2D eigenvalue weighted by molar-refractivity contribution is 5.51. The summed E-state index contributed by atoms with van der Waals surface area (Å²) in [6, 6.07) is 8.18. The topological polar surface area (TPSA) is 20.2 Å². The first-order valence-corrected chi connectivity index (χ1v) is 4.46. The summed E-state index contributed by atoms with van der Waals surface area (Å²) in [6.07, 6.45) is 3.73. The zero-order valence-electron chi connectivity index (χ0n) is 8.41. The molecule has 0 radical (unpaired) electrons. The van der Waals surface area contributed by atoms with Crippen LogP contribution in [-0.4, -0.2) is 10.7 Å². The normalized spacial score (nSPS) is 12.3. The molecule has 0 fully saturated rings. The molecule has 0 aliphatic rings. The highest BCUT2D eigenvalue weighted by Crippen LogP contribution is 2.10. The van der Waals surface area contributed by atoms with Gasteiger partial charge in [-0.05, 0) is 26.3 Å². The molecule has 0 aliphatic heterocycles. The van der Waals surface area contributed by atoms with Crippen LogP contribution in [0.25, 0.3) is 6.08 Å². The molecule has 0 unspecified atom stereocenters. The molecule has 1 heteroatoms. The van der Waals surface area contributed by atoms with E-state index in [4.69, 9.17) is 0 Å². The van der Waals surface area contributed by atoms with Crippen LogP contribution >= 0.6 is 0 Å². The molecule has 0 aliphatic carbocycles. The lowest BCUT2D eigenvalue weighted by Gasteiger charge is -2.09. The van der Waals surface area contributed by atoms with E-state index in [0.29, 0.717) is 0 Å². The molecule has 1 rings (SSSR count). The lowest BCUT2D eigenvalue weighted by atomic mass is 10.1. The first-order valence-electron chi connectivity index (χ1n) is 4.46. The summed E-state index contributed by atoms with van der Waals surface area (Å²) < 4.78 is 0. The highest BCUT2D eigenvalue weighted by atomic mass is 16.3. The van der Waals surface area contributed by atoms with E-state index in [1.54, 1.807) is 19.9 Å². The lowest BCUT2D eigenvalue weighted by Crippen LogP contribution is -2.13. The minimum atomic E-state index is -0.732. The first-order chi connectivity index (χ1) is 5.97. The number of hydrogen-bond donors (Lipinski definition) is 1. The summed E-state index contributed by atoms with van der Waals surface area (Å²) in [6.45, 7) is 5.58. The zero-order valence-corrected chi connectivity index (χ0v) is 8.41. The Labute approximate surface area is 79.7 Å². The van der Waals surface area contributed by atoms with Crippen LogP contribution in [0.3, 0.4) is 0 Å². The van der Waals surface area contributed by atoms with Gasteiger partial charge in [-0.2, -0.15) is 0 Å².